The molecule has 84 valence electrons. The smallest absolute Gasteiger partial charge is 0.150 e. The van der Waals surface area contributed by atoms with Gasteiger partial charge in [-0.25, -0.2) is 4.68 Å². The maximum Gasteiger partial charge on any atom is 0.150 e. The predicted molar refractivity (Wildman–Crippen MR) is 58.6 cm³/mol. The van der Waals surface area contributed by atoms with Gasteiger partial charge in [0.15, 0.2) is 0 Å². The van der Waals surface area contributed by atoms with Crippen LogP contribution in [0.25, 0.3) is 11.4 Å². The van der Waals surface area contributed by atoms with Crippen LogP contribution in [0.15, 0.2) is 24.5 Å². The van der Waals surface area contributed by atoms with Crippen molar-refractivity contribution in [3.8, 4) is 11.4 Å². The highest BCUT2D eigenvalue weighted by molar-refractivity contribution is 5.51. The van der Waals surface area contributed by atoms with E-state index in [1.165, 1.54) is 6.42 Å². The Labute approximate surface area is 93.4 Å². The van der Waals surface area contributed by atoms with Crippen LogP contribution in [-0.4, -0.2) is 26.6 Å². The largest absolute Gasteiger partial charge is 0.357 e. The number of ether oxygens (including phenoxy) is 1. The van der Waals surface area contributed by atoms with E-state index in [1.54, 1.807) is 6.20 Å². The summed E-state index contributed by atoms with van der Waals surface area (Å²) in [5.74, 6) is 0. The number of nitrogens with one attached hydrogen (secondary N) is 1. The monoisotopic (exact) mass is 218 g/mol. The average Bonchev–Trinajstić information content (AvgIpc) is 3.01. The van der Waals surface area contributed by atoms with E-state index in [4.69, 9.17) is 4.74 Å². The Kier molecular flexibility index (Phi) is 2.46. The van der Waals surface area contributed by atoms with Crippen molar-refractivity contribution in [2.45, 2.75) is 25.5 Å². The van der Waals surface area contributed by atoms with Gasteiger partial charge in [0, 0.05) is 19.0 Å². The van der Waals surface area contributed by atoms with Crippen molar-refractivity contribution in [3.05, 3.63) is 24.5 Å². The van der Waals surface area contributed by atoms with E-state index in [0.717, 1.165) is 30.8 Å². The molecule has 0 aromatic carbocycles. The van der Waals surface area contributed by atoms with Gasteiger partial charge in [0.2, 0.25) is 0 Å². The summed E-state index contributed by atoms with van der Waals surface area (Å²) in [6.45, 7) is 0.836. The van der Waals surface area contributed by atoms with Gasteiger partial charge < -0.3 is 4.74 Å². The highest BCUT2D eigenvalue weighted by Crippen LogP contribution is 2.23. The normalized spacial score (nSPS) is 21.1. The first-order valence-corrected chi connectivity index (χ1v) is 5.60. The van der Waals surface area contributed by atoms with Crippen LogP contribution in [0.5, 0.6) is 0 Å². The SMILES string of the molecule is c1cc(-c2ccn(C3CCCCO3)n2)n[nH]1. The molecule has 0 saturated carbocycles. The molecule has 0 radical (unpaired) electrons. The van der Waals surface area contributed by atoms with Crippen LogP contribution >= 0.6 is 0 Å². The number of nitrogens with zero attached hydrogens (tertiary/aromatic N) is 3. The fourth-order valence-corrected chi connectivity index (χ4v) is 1.97. The summed E-state index contributed by atoms with van der Waals surface area (Å²) in [4.78, 5) is 0. The standard InChI is InChI=1S/C11H14N4O/c1-2-8-16-11(3-1)15-7-5-10(14-15)9-4-6-12-13-9/h4-7,11H,1-3,8H2,(H,12,13). The molecule has 0 amide bonds. The molecule has 1 atom stereocenters. The molecule has 2 aromatic rings. The molecule has 2 aromatic heterocycles. The van der Waals surface area contributed by atoms with Gasteiger partial charge >= 0.3 is 0 Å². The highest BCUT2D eigenvalue weighted by Gasteiger charge is 2.16. The van der Waals surface area contributed by atoms with Crippen molar-refractivity contribution in [1.29, 1.82) is 0 Å². The molecule has 1 unspecified atom stereocenters. The van der Waals surface area contributed by atoms with Gasteiger partial charge in [0.05, 0.1) is 0 Å². The van der Waals surface area contributed by atoms with Gasteiger partial charge in [-0.15, -0.1) is 0 Å². The maximum atomic E-state index is 5.67. The van der Waals surface area contributed by atoms with E-state index in [9.17, 15) is 0 Å². The van der Waals surface area contributed by atoms with Crippen LogP contribution in [0.2, 0.25) is 0 Å². The summed E-state index contributed by atoms with van der Waals surface area (Å²) in [6, 6.07) is 3.88. The minimum absolute atomic E-state index is 0.0986. The summed E-state index contributed by atoms with van der Waals surface area (Å²) >= 11 is 0. The number of H-pyrrole nitrogens is 1. The van der Waals surface area contributed by atoms with Crippen LogP contribution in [0.1, 0.15) is 25.5 Å². The van der Waals surface area contributed by atoms with Crippen molar-refractivity contribution in [1.82, 2.24) is 20.0 Å². The van der Waals surface area contributed by atoms with E-state index in [0.29, 0.717) is 0 Å². The van der Waals surface area contributed by atoms with Crippen molar-refractivity contribution >= 4 is 0 Å². The van der Waals surface area contributed by atoms with Crippen LogP contribution in [0.4, 0.5) is 0 Å². The summed E-state index contributed by atoms with van der Waals surface area (Å²) < 4.78 is 7.56. The predicted octanol–water partition coefficient (Wildman–Crippen LogP) is 1.97. The van der Waals surface area contributed by atoms with Crippen LogP contribution < -0.4 is 0 Å². The molecule has 1 saturated heterocycles. The third-order valence-electron chi connectivity index (χ3n) is 2.82. The molecule has 1 aliphatic heterocycles. The van der Waals surface area contributed by atoms with Crippen LogP contribution in [0.3, 0.4) is 0 Å². The summed E-state index contributed by atoms with van der Waals surface area (Å²) in [5, 5.41) is 11.4. The fourth-order valence-electron chi connectivity index (χ4n) is 1.97. The molecular weight excluding hydrogens is 204 g/mol. The van der Waals surface area contributed by atoms with Crippen molar-refractivity contribution in [3.63, 3.8) is 0 Å². The van der Waals surface area contributed by atoms with E-state index >= 15 is 0 Å². The first-order chi connectivity index (χ1) is 7.93. The second-order valence-corrected chi connectivity index (χ2v) is 3.96. The lowest BCUT2D eigenvalue weighted by Crippen LogP contribution is -2.18. The summed E-state index contributed by atoms with van der Waals surface area (Å²) in [5.41, 5.74) is 1.75. The summed E-state index contributed by atoms with van der Waals surface area (Å²) in [7, 11) is 0. The van der Waals surface area contributed by atoms with E-state index < -0.39 is 0 Å². The summed E-state index contributed by atoms with van der Waals surface area (Å²) in [6.07, 6.45) is 7.26. The maximum absolute atomic E-state index is 5.67. The van der Waals surface area contributed by atoms with E-state index in [-0.39, 0.29) is 6.23 Å². The Morgan fingerprint density at radius 1 is 1.31 bits per heavy atom. The molecule has 16 heavy (non-hydrogen) atoms. The average molecular weight is 218 g/mol. The van der Waals surface area contributed by atoms with Gasteiger partial charge in [-0.3, -0.25) is 5.10 Å². The number of aromatic nitrogens is 4. The lowest BCUT2D eigenvalue weighted by atomic mass is 10.2. The van der Waals surface area contributed by atoms with Crippen LogP contribution in [-0.2, 0) is 4.74 Å². The molecule has 3 heterocycles. The number of hydrogen-bond donors (Lipinski definition) is 1. The second kappa shape index (κ2) is 4.09. The Balaban J connectivity index is 1.82. The zero-order valence-electron chi connectivity index (χ0n) is 8.97. The van der Waals surface area contributed by atoms with Gasteiger partial charge in [-0.05, 0) is 31.4 Å². The second-order valence-electron chi connectivity index (χ2n) is 3.96. The Morgan fingerprint density at radius 3 is 3.06 bits per heavy atom. The third kappa shape index (κ3) is 1.74. The lowest BCUT2D eigenvalue weighted by Gasteiger charge is -2.22. The number of rotatable bonds is 2. The van der Waals surface area contributed by atoms with Crippen LogP contribution in [0, 0.1) is 0 Å². The van der Waals surface area contributed by atoms with Gasteiger partial charge in [0.1, 0.15) is 17.6 Å². The van der Waals surface area contributed by atoms with Gasteiger partial charge in [-0.2, -0.15) is 10.2 Å². The highest BCUT2D eigenvalue weighted by atomic mass is 16.5. The molecule has 1 N–H and O–H groups in total. The van der Waals surface area contributed by atoms with Gasteiger partial charge in [-0.1, -0.05) is 0 Å². The minimum Gasteiger partial charge on any atom is -0.357 e. The zero-order valence-corrected chi connectivity index (χ0v) is 8.97. The number of hydrogen-bond acceptors (Lipinski definition) is 3. The molecule has 5 heteroatoms. The lowest BCUT2D eigenvalue weighted by molar-refractivity contribution is -0.0393. The first kappa shape index (κ1) is 9.59. The molecule has 5 nitrogen and oxygen atoms in total. The zero-order chi connectivity index (χ0) is 10.8. The van der Waals surface area contributed by atoms with Crippen molar-refractivity contribution in [2.24, 2.45) is 0 Å². The quantitative estimate of drug-likeness (QED) is 0.838. The minimum atomic E-state index is 0.0986. The van der Waals surface area contributed by atoms with Gasteiger partial charge in [0.25, 0.3) is 0 Å². The van der Waals surface area contributed by atoms with E-state index in [1.807, 2.05) is 23.0 Å². The molecule has 1 aliphatic rings. The van der Waals surface area contributed by atoms with E-state index in [2.05, 4.69) is 15.3 Å². The topological polar surface area (TPSA) is 55.7 Å². The van der Waals surface area contributed by atoms with Crippen molar-refractivity contribution < 1.29 is 4.74 Å². The molecule has 3 rings (SSSR count). The molecule has 0 bridgehead atoms. The Bertz CT molecular complexity index is 442. The Morgan fingerprint density at radius 2 is 2.31 bits per heavy atom. The fraction of sp³-hybridized carbons (Fsp3) is 0.455. The molecule has 0 aliphatic carbocycles. The first-order valence-electron chi connectivity index (χ1n) is 5.60. The van der Waals surface area contributed by atoms with Crippen molar-refractivity contribution in [2.75, 3.05) is 6.61 Å². The molecule has 1 fully saturated rings. The Hall–Kier alpha value is -1.62. The molecule has 0 spiro atoms. The third-order valence-corrected chi connectivity index (χ3v) is 2.82. The molecular formula is C11H14N4O. The number of aromatic amines is 1.